The van der Waals surface area contributed by atoms with Gasteiger partial charge in [-0.3, -0.25) is 4.90 Å². The molecule has 1 unspecified atom stereocenters. The van der Waals surface area contributed by atoms with Gasteiger partial charge in [0.05, 0.1) is 4.90 Å². The van der Waals surface area contributed by atoms with Crippen LogP contribution in [0.15, 0.2) is 53.4 Å². The topological polar surface area (TPSA) is 72.6 Å². The van der Waals surface area contributed by atoms with Gasteiger partial charge in [-0.1, -0.05) is 24.3 Å². The Bertz CT molecular complexity index is 790. The van der Waals surface area contributed by atoms with Crippen molar-refractivity contribution in [1.82, 2.24) is 4.90 Å². The fourth-order valence-electron chi connectivity index (χ4n) is 2.41. The SMILES string of the molecule is Cc1cccc(OCCN(C)C(C)c2cccc(S(N)(=O)=O)c2)c1. The Labute approximate surface area is 144 Å². The standard InChI is InChI=1S/C18H24N2O3S/c1-14-6-4-8-17(12-14)23-11-10-20(3)15(2)16-7-5-9-18(13-16)24(19,21)22/h4-9,12-13,15H,10-11H2,1-3H3,(H2,19,21,22). The van der Waals surface area contributed by atoms with Crippen molar-refractivity contribution < 1.29 is 13.2 Å². The van der Waals surface area contributed by atoms with E-state index in [9.17, 15) is 8.42 Å². The second-order valence-electron chi connectivity index (χ2n) is 5.94. The average molecular weight is 348 g/mol. The van der Waals surface area contributed by atoms with Crippen LogP contribution in [0.25, 0.3) is 0 Å². The van der Waals surface area contributed by atoms with Gasteiger partial charge in [0, 0.05) is 12.6 Å². The lowest BCUT2D eigenvalue weighted by Gasteiger charge is -2.25. The Kier molecular flexibility index (Phi) is 5.99. The van der Waals surface area contributed by atoms with E-state index in [1.54, 1.807) is 12.1 Å². The zero-order valence-electron chi connectivity index (χ0n) is 14.3. The minimum absolute atomic E-state index is 0.0489. The average Bonchev–Trinajstić information content (AvgIpc) is 2.53. The zero-order valence-corrected chi connectivity index (χ0v) is 15.1. The van der Waals surface area contributed by atoms with Gasteiger partial charge in [-0.15, -0.1) is 0 Å². The van der Waals surface area contributed by atoms with E-state index in [2.05, 4.69) is 4.90 Å². The molecule has 0 aliphatic rings. The maximum atomic E-state index is 11.5. The fraction of sp³-hybridized carbons (Fsp3) is 0.333. The number of benzene rings is 2. The van der Waals surface area contributed by atoms with Crippen molar-refractivity contribution in [2.45, 2.75) is 24.8 Å². The van der Waals surface area contributed by atoms with Gasteiger partial charge in [0.2, 0.25) is 10.0 Å². The summed E-state index contributed by atoms with van der Waals surface area (Å²) >= 11 is 0. The third kappa shape index (κ3) is 5.06. The molecule has 0 fully saturated rings. The summed E-state index contributed by atoms with van der Waals surface area (Å²) < 4.78 is 28.7. The van der Waals surface area contributed by atoms with E-state index >= 15 is 0 Å². The molecule has 2 aromatic rings. The van der Waals surface area contributed by atoms with Gasteiger partial charge in [-0.25, -0.2) is 13.6 Å². The Hall–Kier alpha value is -1.89. The number of hydrogen-bond donors (Lipinski definition) is 1. The molecule has 0 bridgehead atoms. The molecule has 0 heterocycles. The minimum Gasteiger partial charge on any atom is -0.492 e. The highest BCUT2D eigenvalue weighted by molar-refractivity contribution is 7.89. The number of rotatable bonds is 7. The molecule has 1 atom stereocenters. The second-order valence-corrected chi connectivity index (χ2v) is 7.50. The maximum Gasteiger partial charge on any atom is 0.238 e. The normalized spacial score (nSPS) is 13.0. The summed E-state index contributed by atoms with van der Waals surface area (Å²) in [5.41, 5.74) is 2.06. The van der Waals surface area contributed by atoms with Gasteiger partial charge < -0.3 is 4.74 Å². The molecule has 0 radical (unpaired) electrons. The first-order chi connectivity index (χ1) is 11.3. The number of aryl methyl sites for hydroxylation is 1. The highest BCUT2D eigenvalue weighted by Gasteiger charge is 2.15. The van der Waals surface area contributed by atoms with Crippen LogP contribution in [-0.2, 0) is 10.0 Å². The molecular formula is C18H24N2O3S. The van der Waals surface area contributed by atoms with Crippen molar-refractivity contribution in [2.24, 2.45) is 5.14 Å². The van der Waals surface area contributed by atoms with Crippen LogP contribution in [0.1, 0.15) is 24.1 Å². The third-order valence-corrected chi connectivity index (χ3v) is 4.94. The van der Waals surface area contributed by atoms with E-state index in [0.29, 0.717) is 13.2 Å². The van der Waals surface area contributed by atoms with E-state index in [1.165, 1.54) is 6.07 Å². The molecule has 0 amide bonds. The lowest BCUT2D eigenvalue weighted by molar-refractivity contribution is 0.201. The second kappa shape index (κ2) is 7.79. The molecule has 2 rings (SSSR count). The van der Waals surface area contributed by atoms with Crippen molar-refractivity contribution in [1.29, 1.82) is 0 Å². The zero-order chi connectivity index (χ0) is 17.7. The largest absolute Gasteiger partial charge is 0.492 e. The molecular weight excluding hydrogens is 324 g/mol. The van der Waals surface area contributed by atoms with Crippen LogP contribution >= 0.6 is 0 Å². The smallest absolute Gasteiger partial charge is 0.238 e. The van der Waals surface area contributed by atoms with Crippen molar-refractivity contribution in [3.05, 3.63) is 59.7 Å². The summed E-state index contributed by atoms with van der Waals surface area (Å²) in [6.07, 6.45) is 0. The van der Waals surface area contributed by atoms with Crippen LogP contribution in [0, 0.1) is 6.92 Å². The quantitative estimate of drug-likeness (QED) is 0.835. The molecule has 0 spiro atoms. The summed E-state index contributed by atoms with van der Waals surface area (Å²) in [5, 5.41) is 5.20. The fourth-order valence-corrected chi connectivity index (χ4v) is 2.98. The maximum absolute atomic E-state index is 11.5. The lowest BCUT2D eigenvalue weighted by atomic mass is 10.1. The Morgan fingerprint density at radius 2 is 1.88 bits per heavy atom. The number of likely N-dealkylation sites (N-methyl/N-ethyl adjacent to an activating group) is 1. The minimum atomic E-state index is -3.68. The Balaban J connectivity index is 1.96. The highest BCUT2D eigenvalue weighted by atomic mass is 32.2. The summed E-state index contributed by atoms with van der Waals surface area (Å²) in [7, 11) is -1.70. The van der Waals surface area contributed by atoms with Crippen LogP contribution in [0.3, 0.4) is 0 Å². The molecule has 0 saturated heterocycles. The molecule has 0 aliphatic heterocycles. The molecule has 0 aliphatic carbocycles. The number of nitrogens with two attached hydrogens (primary N) is 1. The van der Waals surface area contributed by atoms with Gasteiger partial charge in [0.1, 0.15) is 12.4 Å². The number of sulfonamides is 1. The van der Waals surface area contributed by atoms with Crippen molar-refractivity contribution >= 4 is 10.0 Å². The lowest BCUT2D eigenvalue weighted by Crippen LogP contribution is -2.27. The molecule has 2 N–H and O–H groups in total. The molecule has 0 aromatic heterocycles. The van der Waals surface area contributed by atoms with Gasteiger partial charge in [0.15, 0.2) is 0 Å². The van der Waals surface area contributed by atoms with E-state index in [1.807, 2.05) is 51.2 Å². The van der Waals surface area contributed by atoms with Crippen molar-refractivity contribution in [3.8, 4) is 5.75 Å². The molecule has 130 valence electrons. The summed E-state index contributed by atoms with van der Waals surface area (Å²) in [6.45, 7) is 5.32. The molecule has 5 nitrogen and oxygen atoms in total. The number of primary sulfonamides is 1. The van der Waals surface area contributed by atoms with E-state index in [4.69, 9.17) is 9.88 Å². The van der Waals surface area contributed by atoms with E-state index < -0.39 is 10.0 Å². The predicted octanol–water partition coefficient (Wildman–Crippen LogP) is 2.71. The van der Waals surface area contributed by atoms with E-state index in [0.717, 1.165) is 16.9 Å². The van der Waals surface area contributed by atoms with E-state index in [-0.39, 0.29) is 10.9 Å². The first-order valence-electron chi connectivity index (χ1n) is 7.80. The first-order valence-corrected chi connectivity index (χ1v) is 9.34. The van der Waals surface area contributed by atoms with Gasteiger partial charge in [0.25, 0.3) is 0 Å². The monoisotopic (exact) mass is 348 g/mol. The molecule has 6 heteroatoms. The summed E-state index contributed by atoms with van der Waals surface area (Å²) in [5.74, 6) is 0.854. The van der Waals surface area contributed by atoms with Crippen molar-refractivity contribution in [3.63, 3.8) is 0 Å². The van der Waals surface area contributed by atoms with Gasteiger partial charge in [-0.2, -0.15) is 0 Å². The summed E-state index contributed by atoms with van der Waals surface area (Å²) in [4.78, 5) is 2.24. The van der Waals surface area contributed by atoms with Crippen molar-refractivity contribution in [2.75, 3.05) is 20.2 Å². The molecule has 24 heavy (non-hydrogen) atoms. The third-order valence-electron chi connectivity index (χ3n) is 4.03. The van der Waals surface area contributed by atoms with Crippen LogP contribution in [0.5, 0.6) is 5.75 Å². The first kappa shape index (κ1) is 18.4. The van der Waals surface area contributed by atoms with Crippen LogP contribution in [0.4, 0.5) is 0 Å². The van der Waals surface area contributed by atoms with Crippen LogP contribution in [0.2, 0.25) is 0 Å². The Morgan fingerprint density at radius 3 is 2.54 bits per heavy atom. The summed E-state index contributed by atoms with van der Waals surface area (Å²) in [6, 6.07) is 14.7. The number of ether oxygens (including phenoxy) is 1. The van der Waals surface area contributed by atoms with Gasteiger partial charge in [-0.05, 0) is 56.3 Å². The van der Waals surface area contributed by atoms with Crippen LogP contribution in [-0.4, -0.2) is 33.5 Å². The number of nitrogens with zero attached hydrogens (tertiary/aromatic N) is 1. The Morgan fingerprint density at radius 1 is 1.17 bits per heavy atom. The molecule has 2 aromatic carbocycles. The van der Waals surface area contributed by atoms with Crippen LogP contribution < -0.4 is 9.88 Å². The molecule has 0 saturated carbocycles. The predicted molar refractivity (Wildman–Crippen MR) is 95.5 cm³/mol. The highest BCUT2D eigenvalue weighted by Crippen LogP contribution is 2.21. The van der Waals surface area contributed by atoms with Gasteiger partial charge >= 0.3 is 0 Å². The number of hydrogen-bond acceptors (Lipinski definition) is 4.